The van der Waals surface area contributed by atoms with Crippen LogP contribution < -0.4 is 9.64 Å². The van der Waals surface area contributed by atoms with E-state index in [-0.39, 0.29) is 34.6 Å². The second-order valence-corrected chi connectivity index (χ2v) is 9.71. The molecule has 0 aromatic heterocycles. The standard InChI is InChI=1S/C30H26N2O5/c1-17(2)20-10-8-11-21(18(3)4)28(20)31-29(33)22-12-7-9-19-15-16-25(27(26(19)22)30(31)34)37-24-14-6-5-13-23(24)32(35)36/h5-18H,1-4H3. The van der Waals surface area contributed by atoms with Crippen LogP contribution in [0.5, 0.6) is 11.5 Å². The van der Waals surface area contributed by atoms with E-state index in [0.717, 1.165) is 11.1 Å². The third-order valence-corrected chi connectivity index (χ3v) is 6.71. The van der Waals surface area contributed by atoms with Crippen LogP contribution in [-0.4, -0.2) is 16.7 Å². The van der Waals surface area contributed by atoms with Crippen LogP contribution in [-0.2, 0) is 0 Å². The first-order chi connectivity index (χ1) is 17.7. The van der Waals surface area contributed by atoms with E-state index in [9.17, 15) is 19.7 Å². The molecule has 0 saturated heterocycles. The van der Waals surface area contributed by atoms with Gasteiger partial charge in [0.25, 0.3) is 11.8 Å². The molecule has 0 spiro atoms. The molecule has 5 rings (SSSR count). The summed E-state index contributed by atoms with van der Waals surface area (Å²) in [5.74, 6) is -0.624. The van der Waals surface area contributed by atoms with Crippen LogP contribution in [0.3, 0.4) is 0 Å². The van der Waals surface area contributed by atoms with Crippen molar-refractivity contribution in [1.82, 2.24) is 0 Å². The number of para-hydroxylation sites is 3. The molecule has 186 valence electrons. The molecule has 1 aliphatic rings. The lowest BCUT2D eigenvalue weighted by molar-refractivity contribution is -0.385. The van der Waals surface area contributed by atoms with Crippen LogP contribution in [0.2, 0.25) is 0 Å². The van der Waals surface area contributed by atoms with Crippen LogP contribution in [0.4, 0.5) is 11.4 Å². The van der Waals surface area contributed by atoms with Crippen LogP contribution in [0.1, 0.15) is 71.4 Å². The highest BCUT2D eigenvalue weighted by molar-refractivity contribution is 6.37. The molecule has 0 aliphatic carbocycles. The SMILES string of the molecule is CC(C)c1cccc(C(C)C)c1N1C(=O)c2cccc3ccc(Oc4ccccc4[N+](=O)[O-])c(c23)C1=O. The van der Waals surface area contributed by atoms with Crippen molar-refractivity contribution in [3.8, 4) is 11.5 Å². The van der Waals surface area contributed by atoms with Gasteiger partial charge in [-0.2, -0.15) is 0 Å². The van der Waals surface area contributed by atoms with Crippen LogP contribution in [0.25, 0.3) is 10.8 Å². The van der Waals surface area contributed by atoms with Crippen molar-refractivity contribution < 1.29 is 19.2 Å². The van der Waals surface area contributed by atoms with Crippen molar-refractivity contribution >= 4 is 34.0 Å². The van der Waals surface area contributed by atoms with E-state index in [4.69, 9.17) is 4.74 Å². The Hall–Kier alpha value is -4.52. The lowest BCUT2D eigenvalue weighted by atomic mass is 9.88. The molecule has 0 bridgehead atoms. The molecule has 7 nitrogen and oxygen atoms in total. The number of benzene rings is 4. The second-order valence-electron chi connectivity index (χ2n) is 9.71. The highest BCUT2D eigenvalue weighted by Gasteiger charge is 2.39. The Morgan fingerprint density at radius 1 is 0.757 bits per heavy atom. The summed E-state index contributed by atoms with van der Waals surface area (Å²) in [5.41, 5.74) is 2.74. The number of imide groups is 1. The molecular formula is C30H26N2O5. The van der Waals surface area contributed by atoms with Gasteiger partial charge in [0.05, 0.1) is 16.2 Å². The summed E-state index contributed by atoms with van der Waals surface area (Å²) in [6.45, 7) is 8.11. The summed E-state index contributed by atoms with van der Waals surface area (Å²) in [7, 11) is 0. The largest absolute Gasteiger partial charge is 0.449 e. The fourth-order valence-electron chi connectivity index (χ4n) is 4.95. The van der Waals surface area contributed by atoms with E-state index in [1.54, 1.807) is 36.4 Å². The van der Waals surface area contributed by atoms with Crippen molar-refractivity contribution in [2.45, 2.75) is 39.5 Å². The van der Waals surface area contributed by atoms with Crippen LogP contribution >= 0.6 is 0 Å². The summed E-state index contributed by atoms with van der Waals surface area (Å²) >= 11 is 0. The molecule has 2 amide bonds. The molecular weight excluding hydrogens is 468 g/mol. The average Bonchev–Trinajstić information content (AvgIpc) is 2.87. The van der Waals surface area contributed by atoms with Crippen LogP contribution in [0.15, 0.2) is 72.8 Å². The van der Waals surface area contributed by atoms with Crippen molar-refractivity contribution in [2.75, 3.05) is 4.90 Å². The van der Waals surface area contributed by atoms with Gasteiger partial charge in [0.1, 0.15) is 5.75 Å². The number of nitro groups is 1. The Kier molecular flexibility index (Phi) is 5.99. The van der Waals surface area contributed by atoms with Gasteiger partial charge in [0, 0.05) is 17.0 Å². The fraction of sp³-hybridized carbons (Fsp3) is 0.200. The first kappa shape index (κ1) is 24.2. The maximum Gasteiger partial charge on any atom is 0.311 e. The van der Waals surface area contributed by atoms with Crippen molar-refractivity contribution in [3.05, 3.63) is 105 Å². The molecule has 0 saturated carbocycles. The number of amides is 2. The van der Waals surface area contributed by atoms with Gasteiger partial charge in [0.15, 0.2) is 0 Å². The Bertz CT molecular complexity index is 1560. The van der Waals surface area contributed by atoms with Gasteiger partial charge >= 0.3 is 5.69 Å². The molecule has 1 heterocycles. The smallest absolute Gasteiger partial charge is 0.311 e. The summed E-state index contributed by atoms with van der Waals surface area (Å²) in [4.78, 5) is 40.6. The zero-order chi connectivity index (χ0) is 26.4. The molecule has 0 atom stereocenters. The Morgan fingerprint density at radius 3 is 2.05 bits per heavy atom. The molecule has 0 N–H and O–H groups in total. The van der Waals surface area contributed by atoms with Gasteiger partial charge in [-0.05, 0) is 46.5 Å². The monoisotopic (exact) mass is 494 g/mol. The molecule has 0 unspecified atom stereocenters. The van der Waals surface area contributed by atoms with E-state index in [1.807, 2.05) is 52.0 Å². The second kappa shape index (κ2) is 9.17. The number of anilines is 1. The number of carbonyl (C=O) groups is 2. The number of carbonyl (C=O) groups excluding carboxylic acids is 2. The minimum absolute atomic E-state index is 0.0160. The minimum atomic E-state index is -0.529. The topological polar surface area (TPSA) is 89.8 Å². The summed E-state index contributed by atoms with van der Waals surface area (Å²) in [6, 6.07) is 20.5. The molecule has 37 heavy (non-hydrogen) atoms. The number of nitrogens with zero attached hydrogens (tertiary/aromatic N) is 2. The summed E-state index contributed by atoms with van der Waals surface area (Å²) in [6.07, 6.45) is 0. The average molecular weight is 495 g/mol. The van der Waals surface area contributed by atoms with Gasteiger partial charge in [-0.3, -0.25) is 19.7 Å². The third-order valence-electron chi connectivity index (χ3n) is 6.71. The van der Waals surface area contributed by atoms with E-state index in [2.05, 4.69) is 0 Å². The van der Waals surface area contributed by atoms with Gasteiger partial charge in [-0.25, -0.2) is 4.90 Å². The van der Waals surface area contributed by atoms with Gasteiger partial charge in [-0.1, -0.05) is 76.2 Å². The Morgan fingerprint density at radius 2 is 1.41 bits per heavy atom. The molecule has 0 radical (unpaired) electrons. The maximum absolute atomic E-state index is 14.3. The summed E-state index contributed by atoms with van der Waals surface area (Å²) in [5, 5.41) is 12.8. The zero-order valence-corrected chi connectivity index (χ0v) is 21.0. The van der Waals surface area contributed by atoms with Crippen molar-refractivity contribution in [2.24, 2.45) is 0 Å². The number of rotatable bonds is 6. The molecule has 7 heteroatoms. The highest BCUT2D eigenvalue weighted by Crippen LogP contribution is 2.44. The molecule has 0 fully saturated rings. The van der Waals surface area contributed by atoms with Gasteiger partial charge < -0.3 is 4.74 Å². The predicted octanol–water partition coefficient (Wildman–Crippen LogP) is 7.59. The third kappa shape index (κ3) is 3.93. The van der Waals surface area contributed by atoms with E-state index in [0.29, 0.717) is 22.0 Å². The minimum Gasteiger partial charge on any atom is -0.449 e. The van der Waals surface area contributed by atoms with E-state index in [1.165, 1.54) is 17.0 Å². The maximum atomic E-state index is 14.3. The number of ether oxygens (including phenoxy) is 1. The van der Waals surface area contributed by atoms with Gasteiger partial charge in [-0.15, -0.1) is 0 Å². The quantitative estimate of drug-likeness (QED) is 0.156. The Balaban J connectivity index is 1.77. The van der Waals surface area contributed by atoms with Crippen molar-refractivity contribution in [1.29, 1.82) is 0 Å². The zero-order valence-electron chi connectivity index (χ0n) is 21.0. The first-order valence-corrected chi connectivity index (χ1v) is 12.2. The summed E-state index contributed by atoms with van der Waals surface area (Å²) < 4.78 is 6.03. The van der Waals surface area contributed by atoms with E-state index < -0.39 is 16.7 Å². The molecule has 4 aromatic rings. The highest BCUT2D eigenvalue weighted by atomic mass is 16.6. The normalized spacial score (nSPS) is 13.1. The predicted molar refractivity (Wildman–Crippen MR) is 143 cm³/mol. The van der Waals surface area contributed by atoms with E-state index >= 15 is 0 Å². The molecule has 1 aliphatic heterocycles. The first-order valence-electron chi connectivity index (χ1n) is 12.2. The number of hydrogen-bond donors (Lipinski definition) is 0. The number of nitro benzene ring substituents is 1. The van der Waals surface area contributed by atoms with Crippen molar-refractivity contribution in [3.63, 3.8) is 0 Å². The fourth-order valence-corrected chi connectivity index (χ4v) is 4.95. The molecule has 4 aromatic carbocycles. The van der Waals surface area contributed by atoms with Gasteiger partial charge in [0.2, 0.25) is 5.75 Å². The number of hydrogen-bond acceptors (Lipinski definition) is 5. The lowest BCUT2D eigenvalue weighted by Gasteiger charge is -2.32. The lowest BCUT2D eigenvalue weighted by Crippen LogP contribution is -2.42. The van der Waals surface area contributed by atoms with Crippen LogP contribution in [0, 0.1) is 10.1 Å². The Labute approximate surface area is 214 Å².